The second-order valence-electron chi connectivity index (χ2n) is 5.35. The molecule has 2 N–H and O–H groups in total. The van der Waals surface area contributed by atoms with Crippen LogP contribution in [0.25, 0.3) is 0 Å². The summed E-state index contributed by atoms with van der Waals surface area (Å²) in [5.74, 6) is 0.568. The Kier molecular flexibility index (Phi) is 9.36. The Morgan fingerprint density at radius 2 is 2.17 bits per heavy atom. The number of aryl methyl sites for hydroxylation is 1. The summed E-state index contributed by atoms with van der Waals surface area (Å²) in [4.78, 5) is 4.52. The number of benzene rings is 1. The van der Waals surface area contributed by atoms with Crippen molar-refractivity contribution < 1.29 is 4.39 Å². The van der Waals surface area contributed by atoms with Crippen molar-refractivity contribution in [1.82, 2.24) is 20.4 Å². The molecule has 0 atom stereocenters. The van der Waals surface area contributed by atoms with Crippen LogP contribution in [0.15, 0.2) is 41.7 Å². The molecule has 2 rings (SSSR count). The van der Waals surface area contributed by atoms with Crippen LogP contribution in [0.2, 0.25) is 0 Å². The van der Waals surface area contributed by atoms with E-state index in [0.29, 0.717) is 13.0 Å². The first-order chi connectivity index (χ1) is 11.2. The zero-order valence-corrected chi connectivity index (χ0v) is 16.5. The molecular weight excluding hydrogens is 420 g/mol. The maximum absolute atomic E-state index is 13.1. The van der Waals surface area contributed by atoms with Gasteiger partial charge in [-0.15, -0.1) is 24.0 Å². The van der Waals surface area contributed by atoms with E-state index in [1.165, 1.54) is 6.07 Å². The minimum atomic E-state index is -0.203. The molecule has 1 aromatic heterocycles. The molecule has 0 saturated heterocycles. The molecule has 1 heterocycles. The fraction of sp³-hybridized carbons (Fsp3) is 0.412. The Morgan fingerprint density at radius 3 is 2.83 bits per heavy atom. The highest BCUT2D eigenvalue weighted by Gasteiger charge is 1.99. The Bertz CT molecular complexity index is 641. The molecule has 24 heavy (non-hydrogen) atoms. The van der Waals surface area contributed by atoms with Gasteiger partial charge in [-0.05, 0) is 43.5 Å². The Balaban J connectivity index is 0.00000288. The van der Waals surface area contributed by atoms with Crippen LogP contribution in [-0.4, -0.2) is 35.4 Å². The summed E-state index contributed by atoms with van der Waals surface area (Å²) in [7, 11) is 0. The first kappa shape index (κ1) is 20.4. The summed E-state index contributed by atoms with van der Waals surface area (Å²) in [5.41, 5.74) is 2.11. The van der Waals surface area contributed by atoms with Crippen LogP contribution >= 0.6 is 24.0 Å². The molecule has 132 valence electrons. The van der Waals surface area contributed by atoms with Crippen molar-refractivity contribution in [3.63, 3.8) is 0 Å². The van der Waals surface area contributed by atoms with Crippen molar-refractivity contribution in [3.8, 4) is 0 Å². The van der Waals surface area contributed by atoms with Crippen molar-refractivity contribution in [2.24, 2.45) is 4.99 Å². The van der Waals surface area contributed by atoms with E-state index in [4.69, 9.17) is 0 Å². The van der Waals surface area contributed by atoms with E-state index in [0.717, 1.165) is 36.7 Å². The normalized spacial score (nSPS) is 11.0. The van der Waals surface area contributed by atoms with E-state index < -0.39 is 0 Å². The molecule has 7 heteroatoms. The molecule has 0 radical (unpaired) electrons. The molecule has 0 amide bonds. The summed E-state index contributed by atoms with van der Waals surface area (Å²) in [6.45, 7) is 6.98. The highest BCUT2D eigenvalue weighted by atomic mass is 127. The van der Waals surface area contributed by atoms with Gasteiger partial charge in [-0.25, -0.2) is 4.39 Å². The largest absolute Gasteiger partial charge is 0.357 e. The van der Waals surface area contributed by atoms with Gasteiger partial charge in [0, 0.05) is 25.8 Å². The number of guanidine groups is 1. The van der Waals surface area contributed by atoms with E-state index in [1.54, 1.807) is 12.1 Å². The lowest BCUT2D eigenvalue weighted by Crippen LogP contribution is -2.39. The second-order valence-corrected chi connectivity index (χ2v) is 5.35. The number of aliphatic imine (C=N–C) groups is 1. The van der Waals surface area contributed by atoms with Crippen LogP contribution in [-0.2, 0) is 13.0 Å². The van der Waals surface area contributed by atoms with Gasteiger partial charge in [0.05, 0.1) is 12.7 Å². The molecule has 2 aromatic rings. The lowest BCUT2D eigenvalue weighted by molar-refractivity contribution is 0.597. The smallest absolute Gasteiger partial charge is 0.191 e. The predicted molar refractivity (Wildman–Crippen MR) is 106 cm³/mol. The third-order valence-corrected chi connectivity index (χ3v) is 3.30. The number of halogens is 2. The van der Waals surface area contributed by atoms with Gasteiger partial charge in [0.2, 0.25) is 0 Å². The number of hydrogen-bond donors (Lipinski definition) is 2. The maximum atomic E-state index is 13.1. The van der Waals surface area contributed by atoms with Crippen molar-refractivity contribution in [3.05, 3.63) is 53.6 Å². The van der Waals surface area contributed by atoms with Gasteiger partial charge in [-0.1, -0.05) is 12.1 Å². The maximum Gasteiger partial charge on any atom is 0.191 e. The summed E-state index contributed by atoms with van der Waals surface area (Å²) in [6.07, 6.45) is 4.57. The molecule has 0 bridgehead atoms. The molecule has 5 nitrogen and oxygen atoms in total. The van der Waals surface area contributed by atoms with E-state index >= 15 is 0 Å². The highest BCUT2D eigenvalue weighted by Crippen LogP contribution is 2.04. The monoisotopic (exact) mass is 445 g/mol. The first-order valence-electron chi connectivity index (χ1n) is 7.93. The van der Waals surface area contributed by atoms with Crippen molar-refractivity contribution in [1.29, 1.82) is 0 Å². The molecule has 0 aliphatic carbocycles. The highest BCUT2D eigenvalue weighted by molar-refractivity contribution is 14.0. The summed E-state index contributed by atoms with van der Waals surface area (Å²) >= 11 is 0. The summed E-state index contributed by atoms with van der Waals surface area (Å²) in [5, 5.41) is 10.7. The van der Waals surface area contributed by atoms with Crippen LogP contribution in [0.1, 0.15) is 18.1 Å². The number of aromatic nitrogens is 2. The lowest BCUT2D eigenvalue weighted by atomic mass is 10.1. The van der Waals surface area contributed by atoms with Crippen molar-refractivity contribution >= 4 is 29.9 Å². The second kappa shape index (κ2) is 11.0. The van der Waals surface area contributed by atoms with Gasteiger partial charge in [-0.2, -0.15) is 5.10 Å². The van der Waals surface area contributed by atoms with Gasteiger partial charge < -0.3 is 10.6 Å². The number of nitrogens with zero attached hydrogens (tertiary/aromatic N) is 3. The molecule has 0 saturated carbocycles. The Labute approximate surface area is 159 Å². The molecule has 0 spiro atoms. The molecular formula is C17H25FIN5. The van der Waals surface area contributed by atoms with Crippen LogP contribution in [0.4, 0.5) is 4.39 Å². The molecule has 0 aliphatic rings. The SMILES string of the molecule is CCNC(=NCCc1cccc(F)c1)NCCn1cc(C)cn1.I. The van der Waals surface area contributed by atoms with Crippen LogP contribution in [0.3, 0.4) is 0 Å². The predicted octanol–water partition coefficient (Wildman–Crippen LogP) is 2.75. The minimum Gasteiger partial charge on any atom is -0.357 e. The van der Waals surface area contributed by atoms with Crippen molar-refractivity contribution in [2.75, 3.05) is 19.6 Å². The van der Waals surface area contributed by atoms with Crippen molar-refractivity contribution in [2.45, 2.75) is 26.8 Å². The van der Waals surface area contributed by atoms with Gasteiger partial charge in [0.15, 0.2) is 5.96 Å². The third kappa shape index (κ3) is 7.29. The van der Waals surface area contributed by atoms with E-state index in [-0.39, 0.29) is 29.8 Å². The fourth-order valence-corrected chi connectivity index (χ4v) is 2.21. The topological polar surface area (TPSA) is 54.2 Å². The van der Waals surface area contributed by atoms with Gasteiger partial charge in [0.25, 0.3) is 0 Å². The quantitative estimate of drug-likeness (QED) is 0.392. The zero-order chi connectivity index (χ0) is 16.5. The fourth-order valence-electron chi connectivity index (χ4n) is 2.21. The average Bonchev–Trinajstić information content (AvgIpc) is 2.93. The van der Waals surface area contributed by atoms with Gasteiger partial charge >= 0.3 is 0 Å². The standard InChI is InChI=1S/C17H24FN5.HI/c1-3-19-17(21-9-10-23-13-14(2)12-22-23)20-8-7-15-5-4-6-16(18)11-15;/h4-6,11-13H,3,7-10H2,1-2H3,(H2,19,20,21);1H. The minimum absolute atomic E-state index is 0. The van der Waals surface area contributed by atoms with Crippen LogP contribution in [0.5, 0.6) is 0 Å². The Morgan fingerprint density at radius 1 is 1.33 bits per heavy atom. The molecule has 1 aromatic carbocycles. The van der Waals surface area contributed by atoms with E-state index in [1.807, 2.05) is 37.0 Å². The summed E-state index contributed by atoms with van der Waals surface area (Å²) in [6, 6.07) is 6.65. The molecule has 0 unspecified atom stereocenters. The van der Waals surface area contributed by atoms with Gasteiger partial charge in [0.1, 0.15) is 5.82 Å². The lowest BCUT2D eigenvalue weighted by Gasteiger charge is -2.11. The van der Waals surface area contributed by atoms with E-state index in [2.05, 4.69) is 20.7 Å². The zero-order valence-electron chi connectivity index (χ0n) is 14.1. The summed E-state index contributed by atoms with van der Waals surface area (Å²) < 4.78 is 15.0. The van der Waals surface area contributed by atoms with Crippen LogP contribution in [0, 0.1) is 12.7 Å². The number of nitrogens with one attached hydrogen (secondary N) is 2. The number of hydrogen-bond acceptors (Lipinski definition) is 2. The average molecular weight is 445 g/mol. The molecule has 0 fully saturated rings. The van der Waals surface area contributed by atoms with E-state index in [9.17, 15) is 4.39 Å². The van der Waals surface area contributed by atoms with Gasteiger partial charge in [-0.3, -0.25) is 9.67 Å². The third-order valence-electron chi connectivity index (χ3n) is 3.30. The molecule has 0 aliphatic heterocycles. The Hall–Kier alpha value is -1.64. The first-order valence-corrected chi connectivity index (χ1v) is 7.93. The number of rotatable bonds is 7. The van der Waals surface area contributed by atoms with Crippen LogP contribution < -0.4 is 10.6 Å².